The Morgan fingerprint density at radius 3 is 2.41 bits per heavy atom. The van der Waals surface area contributed by atoms with Crippen molar-refractivity contribution in [3.8, 4) is 11.3 Å². The molecule has 0 saturated carbocycles. The highest BCUT2D eigenvalue weighted by Crippen LogP contribution is 2.20. The number of rotatable bonds is 5. The van der Waals surface area contributed by atoms with E-state index in [-0.39, 0.29) is 18.1 Å². The van der Waals surface area contributed by atoms with Crippen LogP contribution in [-0.2, 0) is 16.1 Å². The highest BCUT2D eigenvalue weighted by Gasteiger charge is 2.14. The summed E-state index contributed by atoms with van der Waals surface area (Å²) in [6, 6.07) is 15.8. The standard InChI is InChI=1S/C21H19ClN4O3/c1-13-10-16(22)8-9-17(13)24-20(28)12-26-21(29)19(23-14(2)27)11-18(25-26)15-6-4-3-5-7-15/h3-11H,12H2,1-2H3,(H,23,27)(H,24,28). The van der Waals surface area contributed by atoms with Gasteiger partial charge < -0.3 is 10.6 Å². The first-order valence-corrected chi connectivity index (χ1v) is 9.22. The predicted octanol–water partition coefficient (Wildman–Crippen LogP) is 3.47. The number of hydrogen-bond acceptors (Lipinski definition) is 4. The lowest BCUT2D eigenvalue weighted by atomic mass is 10.1. The maximum Gasteiger partial charge on any atom is 0.291 e. The first-order valence-electron chi connectivity index (χ1n) is 8.84. The lowest BCUT2D eigenvalue weighted by molar-refractivity contribution is -0.117. The minimum absolute atomic E-state index is 0.0572. The smallest absolute Gasteiger partial charge is 0.291 e. The van der Waals surface area contributed by atoms with E-state index in [0.717, 1.165) is 15.8 Å². The molecule has 148 valence electrons. The van der Waals surface area contributed by atoms with Crippen molar-refractivity contribution in [2.45, 2.75) is 20.4 Å². The van der Waals surface area contributed by atoms with Crippen molar-refractivity contribution in [1.29, 1.82) is 0 Å². The highest BCUT2D eigenvalue weighted by atomic mass is 35.5. The number of halogens is 1. The van der Waals surface area contributed by atoms with E-state index in [2.05, 4.69) is 15.7 Å². The number of carbonyl (C=O) groups excluding carboxylic acids is 2. The van der Waals surface area contributed by atoms with Gasteiger partial charge in [0, 0.05) is 23.2 Å². The molecule has 0 radical (unpaired) electrons. The third kappa shape index (κ3) is 5.08. The number of anilines is 2. The zero-order valence-corrected chi connectivity index (χ0v) is 16.7. The summed E-state index contributed by atoms with van der Waals surface area (Å²) < 4.78 is 1.04. The lowest BCUT2D eigenvalue weighted by Gasteiger charge is -2.12. The zero-order chi connectivity index (χ0) is 21.0. The Hall–Kier alpha value is -3.45. The second-order valence-electron chi connectivity index (χ2n) is 6.46. The number of benzene rings is 2. The largest absolute Gasteiger partial charge is 0.324 e. The van der Waals surface area contributed by atoms with Crippen LogP contribution in [0.1, 0.15) is 12.5 Å². The van der Waals surface area contributed by atoms with Gasteiger partial charge >= 0.3 is 0 Å². The normalized spacial score (nSPS) is 10.4. The van der Waals surface area contributed by atoms with Crippen molar-refractivity contribution in [3.05, 3.63) is 75.5 Å². The van der Waals surface area contributed by atoms with Gasteiger partial charge in [0.2, 0.25) is 11.8 Å². The number of aromatic nitrogens is 2. The Morgan fingerprint density at radius 2 is 1.76 bits per heavy atom. The minimum atomic E-state index is -0.567. The molecule has 2 aromatic carbocycles. The van der Waals surface area contributed by atoms with E-state index in [9.17, 15) is 14.4 Å². The van der Waals surface area contributed by atoms with Gasteiger partial charge in [-0.05, 0) is 36.8 Å². The van der Waals surface area contributed by atoms with Crippen LogP contribution in [0.25, 0.3) is 11.3 Å². The SMILES string of the molecule is CC(=O)Nc1cc(-c2ccccc2)nn(CC(=O)Nc2ccc(Cl)cc2C)c1=O. The van der Waals surface area contributed by atoms with Gasteiger partial charge in [0.1, 0.15) is 12.2 Å². The molecule has 0 aliphatic rings. The van der Waals surface area contributed by atoms with Crippen LogP contribution < -0.4 is 16.2 Å². The van der Waals surface area contributed by atoms with Gasteiger partial charge in [-0.1, -0.05) is 41.9 Å². The number of nitrogens with one attached hydrogen (secondary N) is 2. The Balaban J connectivity index is 1.93. The fourth-order valence-corrected chi connectivity index (χ4v) is 3.00. The molecule has 0 bridgehead atoms. The molecule has 0 aliphatic heterocycles. The number of carbonyl (C=O) groups is 2. The molecule has 0 atom stereocenters. The molecule has 0 fully saturated rings. The van der Waals surface area contributed by atoms with Crippen molar-refractivity contribution in [2.75, 3.05) is 10.6 Å². The number of hydrogen-bond donors (Lipinski definition) is 2. The van der Waals surface area contributed by atoms with Crippen molar-refractivity contribution in [2.24, 2.45) is 0 Å². The van der Waals surface area contributed by atoms with Gasteiger partial charge in [0.05, 0.1) is 5.69 Å². The van der Waals surface area contributed by atoms with E-state index in [0.29, 0.717) is 16.4 Å². The van der Waals surface area contributed by atoms with Gasteiger partial charge in [-0.3, -0.25) is 14.4 Å². The Morgan fingerprint density at radius 1 is 1.03 bits per heavy atom. The summed E-state index contributed by atoms with van der Waals surface area (Å²) >= 11 is 5.94. The maximum atomic E-state index is 12.7. The van der Waals surface area contributed by atoms with Gasteiger partial charge in [-0.25, -0.2) is 4.68 Å². The van der Waals surface area contributed by atoms with Crippen molar-refractivity contribution < 1.29 is 9.59 Å². The molecule has 29 heavy (non-hydrogen) atoms. The number of aryl methyl sites for hydroxylation is 1. The molecule has 0 spiro atoms. The van der Waals surface area contributed by atoms with Crippen LogP contribution in [0.15, 0.2) is 59.4 Å². The summed E-state index contributed by atoms with van der Waals surface area (Å²) in [6.45, 7) is 2.81. The molecule has 0 unspecified atom stereocenters. The molecule has 0 aliphatic carbocycles. The van der Waals surface area contributed by atoms with E-state index < -0.39 is 11.5 Å². The van der Waals surface area contributed by atoms with Gasteiger partial charge in [0.15, 0.2) is 0 Å². The van der Waals surface area contributed by atoms with Crippen LogP contribution in [0, 0.1) is 6.92 Å². The van der Waals surface area contributed by atoms with Crippen LogP contribution in [0.5, 0.6) is 0 Å². The Labute approximate surface area is 172 Å². The number of amides is 2. The maximum absolute atomic E-state index is 12.7. The second-order valence-corrected chi connectivity index (χ2v) is 6.90. The summed E-state index contributed by atoms with van der Waals surface area (Å²) in [5, 5.41) is 10.1. The van der Waals surface area contributed by atoms with E-state index in [1.807, 2.05) is 37.3 Å². The third-order valence-electron chi connectivity index (χ3n) is 4.11. The summed E-state index contributed by atoms with van der Waals surface area (Å²) in [7, 11) is 0. The topological polar surface area (TPSA) is 93.1 Å². The molecular formula is C21H19ClN4O3. The molecule has 8 heteroatoms. The Bertz CT molecular complexity index is 1130. The van der Waals surface area contributed by atoms with E-state index in [1.54, 1.807) is 18.2 Å². The van der Waals surface area contributed by atoms with Gasteiger partial charge in [0.25, 0.3) is 5.56 Å². The second kappa shape index (κ2) is 8.70. The average molecular weight is 411 g/mol. The van der Waals surface area contributed by atoms with Crippen molar-refractivity contribution in [3.63, 3.8) is 0 Å². The van der Waals surface area contributed by atoms with Crippen LogP contribution in [-0.4, -0.2) is 21.6 Å². The molecular weight excluding hydrogens is 392 g/mol. The summed E-state index contributed by atoms with van der Waals surface area (Å²) in [5.41, 5.74) is 2.09. The Kier molecular flexibility index (Phi) is 6.09. The van der Waals surface area contributed by atoms with Gasteiger partial charge in [-0.15, -0.1) is 0 Å². The molecule has 1 heterocycles. The first kappa shape index (κ1) is 20.3. The lowest BCUT2D eigenvalue weighted by Crippen LogP contribution is -2.32. The highest BCUT2D eigenvalue weighted by molar-refractivity contribution is 6.30. The molecule has 2 N–H and O–H groups in total. The zero-order valence-electron chi connectivity index (χ0n) is 15.9. The van der Waals surface area contributed by atoms with E-state index >= 15 is 0 Å². The third-order valence-corrected chi connectivity index (χ3v) is 4.35. The fraction of sp³-hybridized carbons (Fsp3) is 0.143. The van der Waals surface area contributed by atoms with E-state index in [1.165, 1.54) is 13.0 Å². The van der Waals surface area contributed by atoms with E-state index in [4.69, 9.17) is 11.6 Å². The van der Waals surface area contributed by atoms with Crippen LogP contribution in [0.4, 0.5) is 11.4 Å². The first-order chi connectivity index (χ1) is 13.8. The van der Waals surface area contributed by atoms with Crippen molar-refractivity contribution >= 4 is 34.8 Å². The minimum Gasteiger partial charge on any atom is -0.324 e. The van der Waals surface area contributed by atoms with Crippen LogP contribution in [0.3, 0.4) is 0 Å². The van der Waals surface area contributed by atoms with Crippen LogP contribution in [0.2, 0.25) is 5.02 Å². The fourth-order valence-electron chi connectivity index (χ4n) is 2.77. The molecule has 0 saturated heterocycles. The molecule has 3 rings (SSSR count). The summed E-state index contributed by atoms with van der Waals surface area (Å²) in [4.78, 5) is 36.7. The monoisotopic (exact) mass is 410 g/mol. The molecule has 7 nitrogen and oxygen atoms in total. The summed E-state index contributed by atoms with van der Waals surface area (Å²) in [5.74, 6) is -0.816. The average Bonchev–Trinajstić information content (AvgIpc) is 2.67. The quantitative estimate of drug-likeness (QED) is 0.673. The van der Waals surface area contributed by atoms with Crippen LogP contribution >= 0.6 is 11.6 Å². The molecule has 2 amide bonds. The predicted molar refractivity (Wildman–Crippen MR) is 113 cm³/mol. The summed E-state index contributed by atoms with van der Waals surface area (Å²) in [6.07, 6.45) is 0. The number of nitrogens with zero attached hydrogens (tertiary/aromatic N) is 2. The van der Waals surface area contributed by atoms with Crippen molar-refractivity contribution in [1.82, 2.24) is 9.78 Å². The molecule has 1 aromatic heterocycles. The molecule has 3 aromatic rings. The van der Waals surface area contributed by atoms with Gasteiger partial charge in [-0.2, -0.15) is 5.10 Å².